The summed E-state index contributed by atoms with van der Waals surface area (Å²) in [6, 6.07) is 17.5. The second-order valence-corrected chi connectivity index (χ2v) is 7.60. The van der Waals surface area contributed by atoms with Gasteiger partial charge in [0.25, 0.3) is 5.91 Å². The zero-order valence-electron chi connectivity index (χ0n) is 17.5. The van der Waals surface area contributed by atoms with Crippen LogP contribution >= 0.6 is 0 Å². The van der Waals surface area contributed by atoms with Gasteiger partial charge in [-0.3, -0.25) is 14.4 Å². The second-order valence-electron chi connectivity index (χ2n) is 7.60. The van der Waals surface area contributed by atoms with Crippen LogP contribution in [0, 0.1) is 5.92 Å². The number of hydrogen-bond donors (Lipinski definition) is 1. The van der Waals surface area contributed by atoms with E-state index in [1.165, 1.54) is 12.5 Å². The Bertz CT molecular complexity index is 880. The third-order valence-corrected chi connectivity index (χ3v) is 5.35. The molecule has 1 heterocycles. The van der Waals surface area contributed by atoms with Crippen molar-refractivity contribution in [1.29, 1.82) is 0 Å². The summed E-state index contributed by atoms with van der Waals surface area (Å²) >= 11 is 0. The number of carbonyl (C=O) groups is 3. The van der Waals surface area contributed by atoms with E-state index in [9.17, 15) is 14.4 Å². The molecule has 2 aromatic carbocycles. The van der Waals surface area contributed by atoms with Gasteiger partial charge in [-0.15, -0.1) is 0 Å². The summed E-state index contributed by atoms with van der Waals surface area (Å²) in [5, 5.41) is 2.75. The maximum absolute atomic E-state index is 12.5. The molecule has 1 aliphatic rings. The molecule has 2 amide bonds. The lowest BCUT2D eigenvalue weighted by Crippen LogP contribution is -2.33. The minimum atomic E-state index is -0.933. The van der Waals surface area contributed by atoms with E-state index in [0.717, 1.165) is 18.4 Å². The van der Waals surface area contributed by atoms with E-state index in [2.05, 4.69) is 12.2 Å². The van der Waals surface area contributed by atoms with Crippen LogP contribution in [-0.2, 0) is 32.0 Å². The van der Waals surface area contributed by atoms with Gasteiger partial charge >= 0.3 is 5.97 Å². The molecule has 0 spiro atoms. The Labute approximate surface area is 177 Å². The molecule has 2 atom stereocenters. The highest BCUT2D eigenvalue weighted by Crippen LogP contribution is 2.21. The zero-order valence-corrected chi connectivity index (χ0v) is 17.5. The molecule has 0 saturated carbocycles. The van der Waals surface area contributed by atoms with Crippen molar-refractivity contribution in [3.8, 4) is 0 Å². The molecule has 158 valence electrons. The van der Waals surface area contributed by atoms with Gasteiger partial charge < -0.3 is 15.0 Å². The molecular weight excluding hydrogens is 380 g/mol. The standard InChI is InChI=1S/C24H28N2O4/c1-3-18-9-11-21(12-10-18)25-23(28)17(2)30-24(29)20-15-22(27)26(16-20)14-13-19-7-5-4-6-8-19/h4-12,17,20H,3,13-16H2,1-2H3,(H,25,28)/t17-,20-/m0/s1. The Balaban J connectivity index is 1.47. The first-order chi connectivity index (χ1) is 14.5. The smallest absolute Gasteiger partial charge is 0.312 e. The summed E-state index contributed by atoms with van der Waals surface area (Å²) < 4.78 is 5.34. The van der Waals surface area contributed by atoms with E-state index < -0.39 is 23.9 Å². The molecule has 1 saturated heterocycles. The van der Waals surface area contributed by atoms with Crippen LogP contribution in [0.2, 0.25) is 0 Å². The molecule has 1 fully saturated rings. The average molecular weight is 408 g/mol. The fourth-order valence-electron chi connectivity index (χ4n) is 3.45. The Morgan fingerprint density at radius 1 is 1.10 bits per heavy atom. The van der Waals surface area contributed by atoms with Gasteiger partial charge in [-0.25, -0.2) is 0 Å². The zero-order chi connectivity index (χ0) is 21.5. The second kappa shape index (κ2) is 10.1. The lowest BCUT2D eigenvalue weighted by Gasteiger charge is -2.18. The molecule has 0 radical (unpaired) electrons. The summed E-state index contributed by atoms with van der Waals surface area (Å²) in [6.07, 6.45) is 0.853. The molecule has 1 N–H and O–H groups in total. The minimum absolute atomic E-state index is 0.0546. The van der Waals surface area contributed by atoms with Gasteiger partial charge in [0.15, 0.2) is 6.10 Å². The maximum Gasteiger partial charge on any atom is 0.312 e. The normalized spacial score (nSPS) is 16.9. The van der Waals surface area contributed by atoms with Gasteiger partial charge in [0, 0.05) is 25.2 Å². The van der Waals surface area contributed by atoms with Crippen LogP contribution in [0.15, 0.2) is 54.6 Å². The first-order valence-corrected chi connectivity index (χ1v) is 10.4. The lowest BCUT2D eigenvalue weighted by molar-refractivity contribution is -0.157. The molecule has 3 rings (SSSR count). The van der Waals surface area contributed by atoms with Crippen molar-refractivity contribution in [3.63, 3.8) is 0 Å². The fraction of sp³-hybridized carbons (Fsp3) is 0.375. The number of ether oxygens (including phenoxy) is 1. The van der Waals surface area contributed by atoms with Gasteiger partial charge in [0.1, 0.15) is 0 Å². The van der Waals surface area contributed by atoms with Crippen molar-refractivity contribution in [2.45, 2.75) is 39.2 Å². The third kappa shape index (κ3) is 5.69. The summed E-state index contributed by atoms with van der Waals surface area (Å²) in [7, 11) is 0. The van der Waals surface area contributed by atoms with Gasteiger partial charge in [-0.05, 0) is 43.0 Å². The largest absolute Gasteiger partial charge is 0.452 e. The SMILES string of the molecule is CCc1ccc(NC(=O)[C@H](C)OC(=O)[C@H]2CC(=O)N(CCc3ccccc3)C2)cc1. The van der Waals surface area contributed by atoms with Crippen molar-refractivity contribution >= 4 is 23.5 Å². The number of likely N-dealkylation sites (tertiary alicyclic amines) is 1. The lowest BCUT2D eigenvalue weighted by atomic mass is 10.1. The van der Waals surface area contributed by atoms with Crippen LogP contribution in [0.1, 0.15) is 31.4 Å². The highest BCUT2D eigenvalue weighted by atomic mass is 16.5. The predicted octanol–water partition coefficient (Wildman–Crippen LogP) is 3.21. The Hall–Kier alpha value is -3.15. The number of anilines is 1. The number of nitrogens with one attached hydrogen (secondary N) is 1. The molecule has 0 aromatic heterocycles. The minimum Gasteiger partial charge on any atom is -0.452 e. The van der Waals surface area contributed by atoms with Crippen molar-refractivity contribution in [3.05, 3.63) is 65.7 Å². The van der Waals surface area contributed by atoms with Gasteiger partial charge in [-0.2, -0.15) is 0 Å². The molecule has 30 heavy (non-hydrogen) atoms. The average Bonchev–Trinajstić information content (AvgIpc) is 3.14. The Kier molecular flexibility index (Phi) is 7.22. The van der Waals surface area contributed by atoms with E-state index >= 15 is 0 Å². The highest BCUT2D eigenvalue weighted by molar-refractivity contribution is 5.95. The number of amides is 2. The number of aryl methyl sites for hydroxylation is 1. The van der Waals surface area contributed by atoms with E-state index in [0.29, 0.717) is 18.8 Å². The number of carbonyl (C=O) groups excluding carboxylic acids is 3. The van der Waals surface area contributed by atoms with Gasteiger partial charge in [0.2, 0.25) is 5.91 Å². The van der Waals surface area contributed by atoms with Crippen molar-refractivity contribution in [2.24, 2.45) is 5.92 Å². The summed E-state index contributed by atoms with van der Waals surface area (Å²) in [6.45, 7) is 4.50. The molecule has 0 aliphatic carbocycles. The molecule has 1 aliphatic heterocycles. The van der Waals surface area contributed by atoms with Crippen LogP contribution in [0.5, 0.6) is 0 Å². The highest BCUT2D eigenvalue weighted by Gasteiger charge is 2.36. The number of rotatable bonds is 8. The number of hydrogen-bond acceptors (Lipinski definition) is 4. The summed E-state index contributed by atoms with van der Waals surface area (Å²) in [4.78, 5) is 38.8. The van der Waals surface area contributed by atoms with E-state index in [1.54, 1.807) is 4.90 Å². The van der Waals surface area contributed by atoms with Crippen LogP contribution < -0.4 is 5.32 Å². The van der Waals surface area contributed by atoms with Crippen LogP contribution in [0.4, 0.5) is 5.69 Å². The monoisotopic (exact) mass is 408 g/mol. The van der Waals surface area contributed by atoms with Gasteiger partial charge in [-0.1, -0.05) is 49.4 Å². The summed E-state index contributed by atoms with van der Waals surface area (Å²) in [5.41, 5.74) is 2.98. The third-order valence-electron chi connectivity index (χ3n) is 5.35. The van der Waals surface area contributed by atoms with E-state index in [-0.39, 0.29) is 12.3 Å². The molecular formula is C24H28N2O4. The van der Waals surface area contributed by atoms with Crippen LogP contribution in [0.25, 0.3) is 0 Å². The molecule has 2 aromatic rings. The van der Waals surface area contributed by atoms with Crippen LogP contribution in [0.3, 0.4) is 0 Å². The number of benzene rings is 2. The Morgan fingerprint density at radius 3 is 2.47 bits per heavy atom. The van der Waals surface area contributed by atoms with E-state index in [4.69, 9.17) is 4.74 Å². The molecule has 0 bridgehead atoms. The van der Waals surface area contributed by atoms with Crippen molar-refractivity contribution in [2.75, 3.05) is 18.4 Å². The van der Waals surface area contributed by atoms with Crippen molar-refractivity contribution < 1.29 is 19.1 Å². The van der Waals surface area contributed by atoms with Crippen LogP contribution in [-0.4, -0.2) is 41.9 Å². The molecule has 6 heteroatoms. The maximum atomic E-state index is 12.5. The van der Waals surface area contributed by atoms with Crippen molar-refractivity contribution in [1.82, 2.24) is 4.90 Å². The Morgan fingerprint density at radius 2 is 1.80 bits per heavy atom. The molecule has 0 unspecified atom stereocenters. The van der Waals surface area contributed by atoms with E-state index in [1.807, 2.05) is 54.6 Å². The first kappa shape index (κ1) is 21.6. The topological polar surface area (TPSA) is 75.7 Å². The fourth-order valence-corrected chi connectivity index (χ4v) is 3.45. The molecule has 6 nitrogen and oxygen atoms in total. The predicted molar refractivity (Wildman–Crippen MR) is 115 cm³/mol. The number of esters is 1. The summed E-state index contributed by atoms with van der Waals surface area (Å²) in [5.74, 6) is -1.49. The number of nitrogens with zero attached hydrogens (tertiary/aromatic N) is 1. The quantitative estimate of drug-likeness (QED) is 0.681. The first-order valence-electron chi connectivity index (χ1n) is 10.4. The van der Waals surface area contributed by atoms with Gasteiger partial charge in [0.05, 0.1) is 5.92 Å².